The van der Waals surface area contributed by atoms with Gasteiger partial charge in [-0.15, -0.1) is 0 Å². The van der Waals surface area contributed by atoms with E-state index in [1.165, 1.54) is 9.13 Å². The smallest absolute Gasteiger partial charge is 0.332 e. The molecule has 28 heavy (non-hydrogen) atoms. The lowest BCUT2D eigenvalue weighted by molar-refractivity contribution is 0.571. The van der Waals surface area contributed by atoms with Gasteiger partial charge in [-0.25, -0.2) is 4.79 Å². The summed E-state index contributed by atoms with van der Waals surface area (Å²) in [6, 6.07) is 10.0. The summed E-state index contributed by atoms with van der Waals surface area (Å²) in [6.07, 6.45) is 0.720. The Morgan fingerprint density at radius 2 is 1.79 bits per heavy atom. The third-order valence-electron chi connectivity index (χ3n) is 5.24. The molecule has 0 aliphatic carbocycles. The number of rotatable bonds is 5. The number of aryl methyl sites for hydroxylation is 1. The summed E-state index contributed by atoms with van der Waals surface area (Å²) < 4.78 is 4.80. The van der Waals surface area contributed by atoms with Crippen molar-refractivity contribution in [2.75, 3.05) is 31.1 Å². The average molecular weight is 382 g/mol. The molecule has 8 heteroatoms. The molecule has 0 atom stereocenters. The van der Waals surface area contributed by atoms with Crippen molar-refractivity contribution >= 4 is 17.1 Å². The Morgan fingerprint density at radius 3 is 2.46 bits per heavy atom. The Morgan fingerprint density at radius 1 is 1.07 bits per heavy atom. The third kappa shape index (κ3) is 3.13. The highest BCUT2D eigenvalue weighted by molar-refractivity contribution is 5.75. The summed E-state index contributed by atoms with van der Waals surface area (Å²) in [7, 11) is 1.69. The standard InChI is InChI=1S/C20H26N6O2/c1-3-11-25-18(27)16-17(23(2)20(25)28)22-19(24-12-9-21-10-13-24)26(16)14-15-7-5-4-6-8-15/h4-8,21H,3,9-14H2,1-2H3. The number of fused-ring (bicyclic) bond motifs is 1. The van der Waals surface area contributed by atoms with Crippen LogP contribution in [-0.4, -0.2) is 44.9 Å². The number of anilines is 1. The van der Waals surface area contributed by atoms with Crippen molar-refractivity contribution in [1.82, 2.24) is 24.0 Å². The van der Waals surface area contributed by atoms with Gasteiger partial charge in [0.2, 0.25) is 5.95 Å². The summed E-state index contributed by atoms with van der Waals surface area (Å²) in [5.41, 5.74) is 1.47. The van der Waals surface area contributed by atoms with Crippen LogP contribution in [-0.2, 0) is 20.1 Å². The molecule has 8 nitrogen and oxygen atoms in total. The highest BCUT2D eigenvalue weighted by Gasteiger charge is 2.24. The highest BCUT2D eigenvalue weighted by Crippen LogP contribution is 2.21. The van der Waals surface area contributed by atoms with Crippen molar-refractivity contribution < 1.29 is 0 Å². The van der Waals surface area contributed by atoms with Gasteiger partial charge in [0.1, 0.15) is 0 Å². The molecule has 3 aromatic rings. The zero-order chi connectivity index (χ0) is 19.7. The van der Waals surface area contributed by atoms with Gasteiger partial charge >= 0.3 is 5.69 Å². The van der Waals surface area contributed by atoms with Gasteiger partial charge < -0.3 is 10.2 Å². The van der Waals surface area contributed by atoms with Crippen LogP contribution in [0.25, 0.3) is 11.2 Å². The quantitative estimate of drug-likeness (QED) is 0.705. The topological polar surface area (TPSA) is 77.1 Å². The lowest BCUT2D eigenvalue weighted by Crippen LogP contribution is -2.44. The molecule has 4 rings (SSSR count). The van der Waals surface area contributed by atoms with Gasteiger partial charge in [0.25, 0.3) is 5.56 Å². The number of aromatic nitrogens is 4. The van der Waals surface area contributed by atoms with E-state index in [2.05, 4.69) is 10.2 Å². The molecule has 0 unspecified atom stereocenters. The molecule has 1 fully saturated rings. The van der Waals surface area contributed by atoms with E-state index >= 15 is 0 Å². The summed E-state index contributed by atoms with van der Waals surface area (Å²) in [6.45, 7) is 6.27. The second kappa shape index (κ2) is 7.63. The summed E-state index contributed by atoms with van der Waals surface area (Å²) in [4.78, 5) is 32.9. The van der Waals surface area contributed by atoms with Crippen LogP contribution in [0, 0.1) is 0 Å². The number of piperazine rings is 1. The minimum Gasteiger partial charge on any atom is -0.340 e. The fourth-order valence-corrected chi connectivity index (χ4v) is 3.80. The van der Waals surface area contributed by atoms with Crippen LogP contribution in [0.5, 0.6) is 0 Å². The molecule has 0 bridgehead atoms. The van der Waals surface area contributed by atoms with Gasteiger partial charge in [-0.05, 0) is 12.0 Å². The van der Waals surface area contributed by atoms with Gasteiger partial charge in [0.15, 0.2) is 11.2 Å². The molecular formula is C20H26N6O2. The van der Waals surface area contributed by atoms with Crippen molar-refractivity contribution in [2.45, 2.75) is 26.4 Å². The van der Waals surface area contributed by atoms with Gasteiger partial charge in [-0.1, -0.05) is 37.3 Å². The van der Waals surface area contributed by atoms with Crippen molar-refractivity contribution in [3.63, 3.8) is 0 Å². The number of benzene rings is 1. The first-order valence-corrected chi connectivity index (χ1v) is 9.81. The number of nitrogens with one attached hydrogen (secondary N) is 1. The molecule has 1 N–H and O–H groups in total. The number of hydrogen-bond donors (Lipinski definition) is 1. The summed E-state index contributed by atoms with van der Waals surface area (Å²) >= 11 is 0. The molecule has 3 heterocycles. The van der Waals surface area contributed by atoms with Crippen LogP contribution in [0.2, 0.25) is 0 Å². The Bertz CT molecular complexity index is 1090. The van der Waals surface area contributed by atoms with Gasteiger partial charge in [-0.3, -0.25) is 18.5 Å². The molecule has 2 aromatic heterocycles. The summed E-state index contributed by atoms with van der Waals surface area (Å²) in [5.74, 6) is 0.752. The molecule has 0 saturated carbocycles. The predicted molar refractivity (Wildman–Crippen MR) is 110 cm³/mol. The van der Waals surface area contributed by atoms with E-state index in [0.29, 0.717) is 24.3 Å². The third-order valence-corrected chi connectivity index (χ3v) is 5.24. The maximum Gasteiger partial charge on any atom is 0.332 e. The lowest BCUT2D eigenvalue weighted by atomic mass is 10.2. The number of imidazole rings is 1. The first-order chi connectivity index (χ1) is 13.6. The first-order valence-electron chi connectivity index (χ1n) is 9.81. The van der Waals surface area contributed by atoms with E-state index in [-0.39, 0.29) is 11.2 Å². The minimum atomic E-state index is -0.310. The minimum absolute atomic E-state index is 0.259. The monoisotopic (exact) mass is 382 g/mol. The van der Waals surface area contributed by atoms with Crippen molar-refractivity contribution in [3.05, 3.63) is 56.7 Å². The van der Waals surface area contributed by atoms with Gasteiger partial charge in [0, 0.05) is 39.8 Å². The summed E-state index contributed by atoms with van der Waals surface area (Å²) in [5, 5.41) is 3.35. The van der Waals surface area contributed by atoms with Gasteiger partial charge in [-0.2, -0.15) is 4.98 Å². The highest BCUT2D eigenvalue weighted by atomic mass is 16.2. The number of nitrogens with zero attached hydrogens (tertiary/aromatic N) is 5. The van der Waals surface area contributed by atoms with Gasteiger partial charge in [0.05, 0.1) is 6.54 Å². The molecular weight excluding hydrogens is 356 g/mol. The Balaban J connectivity index is 1.98. The second-order valence-electron chi connectivity index (χ2n) is 7.19. The van der Waals surface area contributed by atoms with Crippen molar-refractivity contribution in [3.8, 4) is 0 Å². The van der Waals surface area contributed by atoms with E-state index in [1.807, 2.05) is 41.8 Å². The van der Waals surface area contributed by atoms with E-state index in [9.17, 15) is 9.59 Å². The molecule has 0 radical (unpaired) electrons. The second-order valence-corrected chi connectivity index (χ2v) is 7.19. The van der Waals surface area contributed by atoms with Crippen molar-refractivity contribution in [1.29, 1.82) is 0 Å². The molecule has 148 valence electrons. The zero-order valence-corrected chi connectivity index (χ0v) is 16.4. The molecule has 1 saturated heterocycles. The maximum absolute atomic E-state index is 13.3. The largest absolute Gasteiger partial charge is 0.340 e. The molecule has 0 spiro atoms. The normalized spacial score (nSPS) is 14.7. The Labute approximate surface area is 163 Å². The molecule has 0 amide bonds. The van der Waals surface area contributed by atoms with Crippen LogP contribution in [0.3, 0.4) is 0 Å². The average Bonchev–Trinajstić information content (AvgIpc) is 3.10. The van der Waals surface area contributed by atoms with E-state index in [4.69, 9.17) is 4.98 Å². The van der Waals surface area contributed by atoms with Crippen LogP contribution in [0.4, 0.5) is 5.95 Å². The van der Waals surface area contributed by atoms with Crippen LogP contribution in [0.1, 0.15) is 18.9 Å². The van der Waals surface area contributed by atoms with Crippen molar-refractivity contribution in [2.24, 2.45) is 7.05 Å². The first kappa shape index (κ1) is 18.5. The van der Waals surface area contributed by atoms with Crippen LogP contribution >= 0.6 is 0 Å². The van der Waals surface area contributed by atoms with E-state index in [0.717, 1.165) is 44.1 Å². The molecule has 1 aromatic carbocycles. The molecule has 1 aliphatic heterocycles. The maximum atomic E-state index is 13.3. The number of hydrogen-bond acceptors (Lipinski definition) is 5. The Hall–Kier alpha value is -2.87. The lowest BCUT2D eigenvalue weighted by Gasteiger charge is -2.28. The fraction of sp³-hybridized carbons (Fsp3) is 0.450. The zero-order valence-electron chi connectivity index (χ0n) is 16.4. The SMILES string of the molecule is CCCn1c(=O)c2c(nc(N3CCNCC3)n2Cc2ccccc2)n(C)c1=O. The van der Waals surface area contributed by atoms with E-state index < -0.39 is 0 Å². The van der Waals surface area contributed by atoms with Crippen LogP contribution < -0.4 is 21.5 Å². The predicted octanol–water partition coefficient (Wildman–Crippen LogP) is 0.765. The fourth-order valence-electron chi connectivity index (χ4n) is 3.80. The van der Waals surface area contributed by atoms with Crippen LogP contribution in [0.15, 0.2) is 39.9 Å². The molecule has 1 aliphatic rings. The van der Waals surface area contributed by atoms with E-state index in [1.54, 1.807) is 7.05 Å². The Kier molecular flexibility index (Phi) is 5.04.